The molecule has 3 heteroatoms. The van der Waals surface area contributed by atoms with Crippen molar-refractivity contribution in [2.45, 2.75) is 84.4 Å². The molecule has 1 saturated heterocycles. The molecule has 124 valence electrons. The summed E-state index contributed by atoms with van der Waals surface area (Å²) in [5.74, 6) is 0.833. The van der Waals surface area contributed by atoms with Gasteiger partial charge in [0.1, 0.15) is 0 Å². The Bertz CT molecular complexity index is 339. The number of ether oxygens (including phenoxy) is 1. The molecule has 4 atom stereocenters. The van der Waals surface area contributed by atoms with E-state index in [2.05, 4.69) is 39.5 Å². The van der Waals surface area contributed by atoms with E-state index < -0.39 is 0 Å². The molecule has 0 aromatic rings. The van der Waals surface area contributed by atoms with Crippen molar-refractivity contribution in [1.29, 1.82) is 0 Å². The highest BCUT2D eigenvalue weighted by molar-refractivity contribution is 4.99. The fraction of sp³-hybridized carbons (Fsp3) is 1.00. The Morgan fingerprint density at radius 1 is 1.19 bits per heavy atom. The van der Waals surface area contributed by atoms with Crippen LogP contribution >= 0.6 is 0 Å². The van der Waals surface area contributed by atoms with E-state index in [0.29, 0.717) is 17.6 Å². The van der Waals surface area contributed by atoms with Crippen LogP contribution in [0.3, 0.4) is 0 Å². The average Bonchev–Trinajstić information content (AvgIpc) is 2.64. The summed E-state index contributed by atoms with van der Waals surface area (Å²) in [7, 11) is 0. The van der Waals surface area contributed by atoms with Crippen LogP contribution in [0.25, 0.3) is 0 Å². The molecule has 2 rings (SSSR count). The predicted octanol–water partition coefficient (Wildman–Crippen LogP) is 3.42. The van der Waals surface area contributed by atoms with Gasteiger partial charge in [0.15, 0.2) is 0 Å². The first kappa shape index (κ1) is 17.2. The lowest BCUT2D eigenvalue weighted by Crippen LogP contribution is -2.62. The van der Waals surface area contributed by atoms with E-state index in [4.69, 9.17) is 10.5 Å². The normalized spacial score (nSPS) is 40.0. The van der Waals surface area contributed by atoms with Crippen molar-refractivity contribution >= 4 is 0 Å². The quantitative estimate of drug-likeness (QED) is 0.794. The first-order valence-electron chi connectivity index (χ1n) is 8.87. The van der Waals surface area contributed by atoms with Gasteiger partial charge >= 0.3 is 0 Å². The molecule has 2 aliphatic rings. The number of nitrogens with zero attached hydrogens (tertiary/aromatic N) is 1. The second-order valence-electron chi connectivity index (χ2n) is 8.57. The maximum Gasteiger partial charge on any atom is 0.0675 e. The smallest absolute Gasteiger partial charge is 0.0675 e. The van der Waals surface area contributed by atoms with Gasteiger partial charge in [-0.25, -0.2) is 0 Å². The molecule has 3 nitrogen and oxygen atoms in total. The number of morpholine rings is 1. The zero-order valence-corrected chi connectivity index (χ0v) is 14.8. The lowest BCUT2D eigenvalue weighted by molar-refractivity contribution is -0.0968. The molecule has 2 N–H and O–H groups in total. The minimum atomic E-state index is 0.206. The van der Waals surface area contributed by atoms with Gasteiger partial charge in [0, 0.05) is 24.7 Å². The highest BCUT2D eigenvalue weighted by atomic mass is 16.5. The lowest BCUT2D eigenvalue weighted by atomic mass is 9.76. The standard InChI is InChI=1S/C18H36N2O/c1-14-12-21-15(2)11-20(14)18(13-19)9-6-7-16(8-10-18)17(3,4)5/h14-16H,6-13,19H2,1-5H3. The van der Waals surface area contributed by atoms with Gasteiger partial charge in [-0.1, -0.05) is 27.2 Å². The van der Waals surface area contributed by atoms with E-state index in [9.17, 15) is 0 Å². The molecule has 0 aromatic heterocycles. The highest BCUT2D eigenvalue weighted by Crippen LogP contribution is 2.42. The van der Waals surface area contributed by atoms with Gasteiger partial charge in [-0.2, -0.15) is 0 Å². The van der Waals surface area contributed by atoms with E-state index in [0.717, 1.165) is 25.6 Å². The highest BCUT2D eigenvalue weighted by Gasteiger charge is 2.43. The van der Waals surface area contributed by atoms with Crippen LogP contribution in [0.4, 0.5) is 0 Å². The Morgan fingerprint density at radius 3 is 2.52 bits per heavy atom. The van der Waals surface area contributed by atoms with Gasteiger partial charge < -0.3 is 10.5 Å². The fourth-order valence-electron chi connectivity index (χ4n) is 4.43. The molecule has 4 unspecified atom stereocenters. The van der Waals surface area contributed by atoms with Gasteiger partial charge in [-0.05, 0) is 50.9 Å². The lowest BCUT2D eigenvalue weighted by Gasteiger charge is -2.50. The first-order chi connectivity index (χ1) is 9.78. The molecule has 1 aliphatic carbocycles. The zero-order chi connectivity index (χ0) is 15.7. The van der Waals surface area contributed by atoms with Crippen molar-refractivity contribution in [2.75, 3.05) is 19.7 Å². The third-order valence-electron chi connectivity index (χ3n) is 5.97. The van der Waals surface area contributed by atoms with Crippen molar-refractivity contribution in [2.24, 2.45) is 17.1 Å². The Labute approximate surface area is 131 Å². The molecular weight excluding hydrogens is 260 g/mol. The van der Waals surface area contributed by atoms with Crippen LogP contribution in [-0.2, 0) is 4.74 Å². The number of hydrogen-bond donors (Lipinski definition) is 1. The van der Waals surface area contributed by atoms with Crippen LogP contribution in [0.5, 0.6) is 0 Å². The van der Waals surface area contributed by atoms with Crippen LogP contribution in [0.15, 0.2) is 0 Å². The summed E-state index contributed by atoms with van der Waals surface area (Å²) in [6.07, 6.45) is 6.85. The molecule has 21 heavy (non-hydrogen) atoms. The molecule has 2 fully saturated rings. The SMILES string of the molecule is CC1CN(C2(CN)CCCC(C(C)(C)C)CC2)C(C)CO1. The molecule has 0 amide bonds. The fourth-order valence-corrected chi connectivity index (χ4v) is 4.43. The summed E-state index contributed by atoms with van der Waals surface area (Å²) >= 11 is 0. The molecule has 1 heterocycles. The third-order valence-corrected chi connectivity index (χ3v) is 5.97. The van der Waals surface area contributed by atoms with Gasteiger partial charge in [-0.15, -0.1) is 0 Å². The Hall–Kier alpha value is -0.120. The van der Waals surface area contributed by atoms with E-state index >= 15 is 0 Å². The van der Waals surface area contributed by atoms with Crippen molar-refractivity contribution in [3.05, 3.63) is 0 Å². The van der Waals surface area contributed by atoms with Crippen molar-refractivity contribution in [1.82, 2.24) is 4.90 Å². The molecular formula is C18H36N2O. The largest absolute Gasteiger partial charge is 0.376 e. The molecule has 0 spiro atoms. The predicted molar refractivity (Wildman–Crippen MR) is 89.4 cm³/mol. The second-order valence-corrected chi connectivity index (χ2v) is 8.57. The number of hydrogen-bond acceptors (Lipinski definition) is 3. The van der Waals surface area contributed by atoms with Crippen molar-refractivity contribution < 1.29 is 4.74 Å². The van der Waals surface area contributed by atoms with E-state index in [1.165, 1.54) is 32.1 Å². The average molecular weight is 296 g/mol. The summed E-state index contributed by atoms with van der Waals surface area (Å²) in [6.45, 7) is 14.4. The van der Waals surface area contributed by atoms with Crippen LogP contribution in [0, 0.1) is 11.3 Å². The molecule has 0 aromatic carbocycles. The topological polar surface area (TPSA) is 38.5 Å². The van der Waals surface area contributed by atoms with Crippen molar-refractivity contribution in [3.8, 4) is 0 Å². The van der Waals surface area contributed by atoms with Crippen LogP contribution < -0.4 is 5.73 Å². The zero-order valence-electron chi connectivity index (χ0n) is 14.8. The maximum absolute atomic E-state index is 6.32. The molecule has 0 bridgehead atoms. The summed E-state index contributed by atoms with van der Waals surface area (Å²) in [6, 6.07) is 0.496. The second kappa shape index (κ2) is 6.55. The van der Waals surface area contributed by atoms with Crippen LogP contribution in [-0.4, -0.2) is 42.3 Å². The van der Waals surface area contributed by atoms with E-state index in [1.807, 2.05) is 0 Å². The summed E-state index contributed by atoms with van der Waals surface area (Å²) in [5, 5.41) is 0. The third kappa shape index (κ3) is 3.80. The van der Waals surface area contributed by atoms with E-state index in [-0.39, 0.29) is 5.54 Å². The minimum Gasteiger partial charge on any atom is -0.376 e. The Balaban J connectivity index is 2.14. The summed E-state index contributed by atoms with van der Waals surface area (Å²) in [4.78, 5) is 2.69. The van der Waals surface area contributed by atoms with E-state index in [1.54, 1.807) is 0 Å². The van der Waals surface area contributed by atoms with Gasteiger partial charge in [0.2, 0.25) is 0 Å². The van der Waals surface area contributed by atoms with Gasteiger partial charge in [0.25, 0.3) is 0 Å². The number of rotatable bonds is 2. The minimum absolute atomic E-state index is 0.206. The van der Waals surface area contributed by atoms with Crippen molar-refractivity contribution in [3.63, 3.8) is 0 Å². The molecule has 0 radical (unpaired) electrons. The first-order valence-corrected chi connectivity index (χ1v) is 8.87. The Morgan fingerprint density at radius 2 is 1.90 bits per heavy atom. The summed E-state index contributed by atoms with van der Waals surface area (Å²) < 4.78 is 5.82. The van der Waals surface area contributed by atoms with Crippen LogP contribution in [0.2, 0.25) is 0 Å². The number of nitrogens with two attached hydrogens (primary N) is 1. The van der Waals surface area contributed by atoms with Gasteiger partial charge in [-0.3, -0.25) is 4.90 Å². The molecule has 1 saturated carbocycles. The maximum atomic E-state index is 6.32. The summed E-state index contributed by atoms with van der Waals surface area (Å²) in [5.41, 5.74) is 6.95. The Kier molecular flexibility index (Phi) is 5.38. The molecule has 1 aliphatic heterocycles. The van der Waals surface area contributed by atoms with Gasteiger partial charge in [0.05, 0.1) is 12.7 Å². The monoisotopic (exact) mass is 296 g/mol. The van der Waals surface area contributed by atoms with Crippen LogP contribution in [0.1, 0.15) is 66.7 Å².